The first-order valence-electron chi connectivity index (χ1n) is 5.74. The summed E-state index contributed by atoms with van der Waals surface area (Å²) in [6, 6.07) is 1.98. The molecule has 1 aromatic rings. The van der Waals surface area contributed by atoms with Crippen LogP contribution in [0.3, 0.4) is 0 Å². The molecule has 0 saturated carbocycles. The minimum absolute atomic E-state index is 0.0484. The number of rotatable bonds is 3. The number of nitrogens with zero attached hydrogens (tertiary/aromatic N) is 3. The Morgan fingerprint density at radius 2 is 2.29 bits per heavy atom. The van der Waals surface area contributed by atoms with Gasteiger partial charge in [-0.2, -0.15) is 10.1 Å². The molecule has 0 unspecified atom stereocenters. The van der Waals surface area contributed by atoms with Crippen LogP contribution in [-0.4, -0.2) is 28.2 Å². The lowest BCUT2D eigenvalue weighted by Gasteiger charge is -2.28. The van der Waals surface area contributed by atoms with E-state index in [2.05, 4.69) is 48.2 Å². The summed E-state index contributed by atoms with van der Waals surface area (Å²) < 4.78 is 7.22. The Bertz CT molecular complexity index is 451. The number of hydrogen-bond donors (Lipinski definition) is 0. The highest BCUT2D eigenvalue weighted by molar-refractivity contribution is 7.78. The van der Waals surface area contributed by atoms with E-state index < -0.39 is 0 Å². The van der Waals surface area contributed by atoms with Crippen LogP contribution >= 0.6 is 12.2 Å². The molecule has 4 nitrogen and oxygen atoms in total. The minimum Gasteiger partial charge on any atom is -0.381 e. The number of hydrogen-bond acceptors (Lipinski definition) is 4. The maximum atomic E-state index is 5.19. The lowest BCUT2D eigenvalue weighted by Crippen LogP contribution is -2.33. The van der Waals surface area contributed by atoms with Crippen molar-refractivity contribution in [3.63, 3.8) is 0 Å². The van der Waals surface area contributed by atoms with Crippen molar-refractivity contribution in [2.45, 2.75) is 32.7 Å². The SMILES string of the molecule is CC(C)(C)c1cc(N=C=S)nn1CC1COC1. The highest BCUT2D eigenvalue weighted by atomic mass is 32.1. The first-order chi connectivity index (χ1) is 8.00. The second-order valence-corrected chi connectivity index (χ2v) is 5.61. The van der Waals surface area contributed by atoms with Gasteiger partial charge in [0.25, 0.3) is 0 Å². The molecular formula is C12H17N3OS. The maximum Gasteiger partial charge on any atom is 0.184 e. The molecular weight excluding hydrogens is 234 g/mol. The smallest absolute Gasteiger partial charge is 0.184 e. The molecule has 1 aliphatic rings. The zero-order valence-corrected chi connectivity index (χ0v) is 11.3. The van der Waals surface area contributed by atoms with Gasteiger partial charge in [0.05, 0.1) is 18.4 Å². The predicted molar refractivity (Wildman–Crippen MR) is 69.9 cm³/mol. The van der Waals surface area contributed by atoms with Crippen molar-refractivity contribution >= 4 is 23.2 Å². The van der Waals surface area contributed by atoms with E-state index in [9.17, 15) is 0 Å². The van der Waals surface area contributed by atoms with Crippen molar-refractivity contribution in [3.8, 4) is 0 Å². The monoisotopic (exact) mass is 251 g/mol. The van der Waals surface area contributed by atoms with Crippen LogP contribution in [0.1, 0.15) is 26.5 Å². The van der Waals surface area contributed by atoms with Crippen molar-refractivity contribution in [2.24, 2.45) is 10.9 Å². The van der Waals surface area contributed by atoms with Crippen molar-refractivity contribution in [2.75, 3.05) is 13.2 Å². The lowest BCUT2D eigenvalue weighted by molar-refractivity contribution is -0.0414. The Labute approximate surface area is 107 Å². The summed E-state index contributed by atoms with van der Waals surface area (Å²) in [5.74, 6) is 1.21. The average molecular weight is 251 g/mol. The summed E-state index contributed by atoms with van der Waals surface area (Å²) in [4.78, 5) is 3.95. The highest BCUT2D eigenvalue weighted by Gasteiger charge is 2.25. The topological polar surface area (TPSA) is 39.4 Å². The molecule has 17 heavy (non-hydrogen) atoms. The third-order valence-corrected chi connectivity index (χ3v) is 2.93. The minimum atomic E-state index is 0.0484. The number of ether oxygens (including phenoxy) is 1. The first kappa shape index (κ1) is 12.4. The molecule has 0 atom stereocenters. The third kappa shape index (κ3) is 2.80. The van der Waals surface area contributed by atoms with Crippen LogP contribution in [0.2, 0.25) is 0 Å². The fraction of sp³-hybridized carbons (Fsp3) is 0.667. The van der Waals surface area contributed by atoms with Gasteiger partial charge in [-0.25, -0.2) is 0 Å². The number of aromatic nitrogens is 2. The van der Waals surface area contributed by atoms with Crippen molar-refractivity contribution in [1.29, 1.82) is 0 Å². The quantitative estimate of drug-likeness (QED) is 0.612. The van der Waals surface area contributed by atoms with Crippen LogP contribution in [0.5, 0.6) is 0 Å². The first-order valence-corrected chi connectivity index (χ1v) is 6.15. The largest absolute Gasteiger partial charge is 0.381 e. The summed E-state index contributed by atoms with van der Waals surface area (Å²) in [6.07, 6.45) is 0. The molecule has 0 N–H and O–H groups in total. The number of thiocarbonyl (C=S) groups is 1. The van der Waals surface area contributed by atoms with Crippen molar-refractivity contribution in [1.82, 2.24) is 9.78 Å². The van der Waals surface area contributed by atoms with Gasteiger partial charge in [0, 0.05) is 29.6 Å². The molecule has 1 saturated heterocycles. The van der Waals surface area contributed by atoms with Crippen LogP contribution in [0, 0.1) is 5.92 Å². The Morgan fingerprint density at radius 3 is 2.76 bits per heavy atom. The fourth-order valence-electron chi connectivity index (χ4n) is 1.88. The number of isothiocyanates is 1. The third-order valence-electron chi connectivity index (χ3n) is 2.83. The second-order valence-electron chi connectivity index (χ2n) is 5.43. The van der Waals surface area contributed by atoms with E-state index >= 15 is 0 Å². The van der Waals surface area contributed by atoms with Gasteiger partial charge >= 0.3 is 0 Å². The van der Waals surface area contributed by atoms with Crippen LogP contribution < -0.4 is 0 Å². The van der Waals surface area contributed by atoms with E-state index in [1.807, 2.05) is 10.7 Å². The molecule has 2 rings (SSSR count). The average Bonchev–Trinajstić information content (AvgIpc) is 2.55. The molecule has 0 amide bonds. The van der Waals surface area contributed by atoms with E-state index in [1.54, 1.807) is 0 Å². The zero-order valence-electron chi connectivity index (χ0n) is 10.4. The molecule has 1 fully saturated rings. The van der Waals surface area contributed by atoms with Gasteiger partial charge in [-0.15, -0.1) is 0 Å². The normalized spacial score (nSPS) is 16.4. The Kier molecular flexibility index (Phi) is 3.43. The molecule has 0 aromatic carbocycles. The molecule has 0 radical (unpaired) electrons. The fourth-order valence-corrected chi connectivity index (χ4v) is 1.98. The molecule has 0 spiro atoms. The molecule has 1 aliphatic heterocycles. The van der Waals surface area contributed by atoms with Crippen molar-refractivity contribution < 1.29 is 4.74 Å². The lowest BCUT2D eigenvalue weighted by atomic mass is 9.92. The Balaban J connectivity index is 2.29. The molecule has 1 aromatic heterocycles. The van der Waals surface area contributed by atoms with E-state index in [0.717, 1.165) is 19.8 Å². The van der Waals surface area contributed by atoms with Crippen LogP contribution in [-0.2, 0) is 16.7 Å². The van der Waals surface area contributed by atoms with E-state index in [4.69, 9.17) is 4.74 Å². The Hall–Kier alpha value is -1.03. The van der Waals surface area contributed by atoms with Gasteiger partial charge in [-0.1, -0.05) is 20.8 Å². The van der Waals surface area contributed by atoms with Gasteiger partial charge in [0.2, 0.25) is 0 Å². The molecule has 0 bridgehead atoms. The summed E-state index contributed by atoms with van der Waals surface area (Å²) in [7, 11) is 0. The van der Waals surface area contributed by atoms with Crippen LogP contribution in [0.4, 0.5) is 5.82 Å². The zero-order chi connectivity index (χ0) is 12.5. The van der Waals surface area contributed by atoms with Gasteiger partial charge in [-0.05, 0) is 12.2 Å². The molecule has 92 valence electrons. The predicted octanol–water partition coefficient (Wildman–Crippen LogP) is 2.56. The van der Waals surface area contributed by atoms with Gasteiger partial charge in [0.1, 0.15) is 0 Å². The van der Waals surface area contributed by atoms with E-state index in [-0.39, 0.29) is 5.41 Å². The van der Waals surface area contributed by atoms with Crippen LogP contribution in [0.25, 0.3) is 0 Å². The van der Waals surface area contributed by atoms with Crippen molar-refractivity contribution in [3.05, 3.63) is 11.8 Å². The van der Waals surface area contributed by atoms with Crippen LogP contribution in [0.15, 0.2) is 11.1 Å². The summed E-state index contributed by atoms with van der Waals surface area (Å²) in [5, 5.41) is 6.82. The standard InChI is InChI=1S/C12H17N3OS/c1-12(2,3)10-4-11(13-8-17)14-15(10)5-9-6-16-7-9/h4,9H,5-7H2,1-3H3. The summed E-state index contributed by atoms with van der Waals surface area (Å²) in [6.45, 7) is 9.05. The van der Waals surface area contributed by atoms with E-state index in [0.29, 0.717) is 11.7 Å². The second kappa shape index (κ2) is 4.69. The van der Waals surface area contributed by atoms with Gasteiger partial charge < -0.3 is 4.74 Å². The van der Waals surface area contributed by atoms with Gasteiger partial charge in [0.15, 0.2) is 5.82 Å². The van der Waals surface area contributed by atoms with Gasteiger partial charge in [-0.3, -0.25) is 4.68 Å². The number of aliphatic imine (C=N–C) groups is 1. The summed E-state index contributed by atoms with van der Waals surface area (Å²) >= 11 is 4.62. The van der Waals surface area contributed by atoms with E-state index in [1.165, 1.54) is 5.69 Å². The maximum absolute atomic E-state index is 5.19. The molecule has 0 aliphatic carbocycles. The Morgan fingerprint density at radius 1 is 1.59 bits per heavy atom. The highest BCUT2D eigenvalue weighted by Crippen LogP contribution is 2.27. The molecule has 5 heteroatoms. The summed E-state index contributed by atoms with van der Waals surface area (Å²) in [5.41, 5.74) is 1.22. The molecule has 2 heterocycles.